The Balaban J connectivity index is 2.96. The van der Waals surface area contributed by atoms with Crippen LogP contribution in [0.5, 0.6) is 5.75 Å². The first-order valence-electron chi connectivity index (χ1n) is 7.48. The maximum atomic E-state index is 12.4. The molecule has 0 spiro atoms. The molecule has 1 amide bonds. The zero-order valence-corrected chi connectivity index (χ0v) is 14.8. The molecule has 0 saturated carbocycles. The van der Waals surface area contributed by atoms with Crippen LogP contribution < -0.4 is 15.2 Å². The summed E-state index contributed by atoms with van der Waals surface area (Å²) in [6, 6.07) is 4.10. The Morgan fingerprint density at radius 3 is 2.43 bits per heavy atom. The zero-order valence-electron chi connectivity index (χ0n) is 14.0. The SMILES string of the molecule is CCN(CC)[C@H](C)CNS(=O)(=O)c1ccc(OC)c(C(N)=O)c1. The van der Waals surface area contributed by atoms with Gasteiger partial charge in [0.15, 0.2) is 0 Å². The Bertz CT molecular complexity index is 642. The minimum absolute atomic E-state index is 0.0150. The number of nitrogens with two attached hydrogens (primary N) is 1. The summed E-state index contributed by atoms with van der Waals surface area (Å²) < 4.78 is 32.4. The van der Waals surface area contributed by atoms with E-state index in [1.807, 2.05) is 20.8 Å². The van der Waals surface area contributed by atoms with E-state index in [9.17, 15) is 13.2 Å². The number of rotatable bonds is 9. The van der Waals surface area contributed by atoms with Crippen molar-refractivity contribution in [3.63, 3.8) is 0 Å². The summed E-state index contributed by atoms with van der Waals surface area (Å²) >= 11 is 0. The van der Waals surface area contributed by atoms with Crippen molar-refractivity contribution < 1.29 is 17.9 Å². The number of carbonyl (C=O) groups excluding carboxylic acids is 1. The number of hydrogen-bond donors (Lipinski definition) is 2. The van der Waals surface area contributed by atoms with Crippen molar-refractivity contribution in [3.05, 3.63) is 23.8 Å². The highest BCUT2D eigenvalue weighted by atomic mass is 32.2. The maximum absolute atomic E-state index is 12.4. The summed E-state index contributed by atoms with van der Waals surface area (Å²) in [4.78, 5) is 13.5. The molecule has 0 aliphatic heterocycles. The van der Waals surface area contributed by atoms with Gasteiger partial charge < -0.3 is 10.5 Å². The summed E-state index contributed by atoms with van der Waals surface area (Å²) in [5.74, 6) is -0.497. The number of carbonyl (C=O) groups is 1. The Labute approximate surface area is 137 Å². The molecule has 0 aromatic heterocycles. The number of amides is 1. The predicted octanol–water partition coefficient (Wildman–Crippen LogP) is 0.803. The van der Waals surface area contributed by atoms with Gasteiger partial charge in [-0.05, 0) is 38.2 Å². The molecule has 0 radical (unpaired) electrons. The quantitative estimate of drug-likeness (QED) is 0.691. The average molecular weight is 343 g/mol. The molecule has 0 aliphatic carbocycles. The molecule has 0 unspecified atom stereocenters. The van der Waals surface area contributed by atoms with Crippen molar-refractivity contribution in [1.82, 2.24) is 9.62 Å². The third-order valence-corrected chi connectivity index (χ3v) is 5.17. The van der Waals surface area contributed by atoms with Gasteiger partial charge in [-0.15, -0.1) is 0 Å². The summed E-state index contributed by atoms with van der Waals surface area (Å²) in [6.07, 6.45) is 0. The molecule has 0 fully saturated rings. The van der Waals surface area contributed by atoms with Gasteiger partial charge in [-0.25, -0.2) is 13.1 Å². The maximum Gasteiger partial charge on any atom is 0.252 e. The smallest absolute Gasteiger partial charge is 0.252 e. The lowest BCUT2D eigenvalue weighted by atomic mass is 10.2. The van der Waals surface area contributed by atoms with Crippen LogP contribution >= 0.6 is 0 Å². The van der Waals surface area contributed by atoms with Crippen LogP contribution in [-0.4, -0.2) is 52.0 Å². The normalized spacial score (nSPS) is 13.1. The van der Waals surface area contributed by atoms with E-state index in [4.69, 9.17) is 10.5 Å². The Kier molecular flexibility index (Phi) is 6.99. The fourth-order valence-electron chi connectivity index (χ4n) is 2.34. The van der Waals surface area contributed by atoms with E-state index in [0.717, 1.165) is 13.1 Å². The Hall–Kier alpha value is -1.64. The number of primary amides is 1. The molecule has 1 atom stereocenters. The molecule has 8 heteroatoms. The Morgan fingerprint density at radius 2 is 1.96 bits per heavy atom. The highest BCUT2D eigenvalue weighted by Crippen LogP contribution is 2.22. The van der Waals surface area contributed by atoms with Crippen LogP contribution in [0.3, 0.4) is 0 Å². The molecule has 0 aliphatic rings. The van der Waals surface area contributed by atoms with Crippen LogP contribution in [-0.2, 0) is 10.0 Å². The minimum atomic E-state index is -3.73. The van der Waals surface area contributed by atoms with Crippen LogP contribution in [0, 0.1) is 0 Å². The fourth-order valence-corrected chi connectivity index (χ4v) is 3.48. The van der Waals surface area contributed by atoms with Gasteiger partial charge in [0.1, 0.15) is 5.75 Å². The second-order valence-corrected chi connectivity index (χ2v) is 6.92. The number of nitrogens with zero attached hydrogens (tertiary/aromatic N) is 1. The van der Waals surface area contributed by atoms with Crippen LogP contribution in [0.15, 0.2) is 23.1 Å². The van der Waals surface area contributed by atoms with Gasteiger partial charge in [0, 0.05) is 12.6 Å². The summed E-state index contributed by atoms with van der Waals surface area (Å²) in [5, 5.41) is 0. The minimum Gasteiger partial charge on any atom is -0.496 e. The van der Waals surface area contributed by atoms with Gasteiger partial charge in [0.2, 0.25) is 10.0 Å². The number of methoxy groups -OCH3 is 1. The second kappa shape index (κ2) is 8.28. The van der Waals surface area contributed by atoms with Crippen LogP contribution in [0.4, 0.5) is 0 Å². The monoisotopic (exact) mass is 343 g/mol. The van der Waals surface area contributed by atoms with E-state index in [0.29, 0.717) is 0 Å². The van der Waals surface area contributed by atoms with E-state index in [1.165, 1.54) is 25.3 Å². The van der Waals surface area contributed by atoms with Crippen LogP contribution in [0.25, 0.3) is 0 Å². The lowest BCUT2D eigenvalue weighted by Crippen LogP contribution is -2.41. The number of sulfonamides is 1. The van der Waals surface area contributed by atoms with E-state index < -0.39 is 15.9 Å². The molecule has 7 nitrogen and oxygen atoms in total. The van der Waals surface area contributed by atoms with Crippen molar-refractivity contribution in [1.29, 1.82) is 0 Å². The largest absolute Gasteiger partial charge is 0.496 e. The number of nitrogens with one attached hydrogen (secondary N) is 1. The van der Waals surface area contributed by atoms with Gasteiger partial charge in [-0.2, -0.15) is 0 Å². The summed E-state index contributed by atoms with van der Waals surface area (Å²) in [6.45, 7) is 7.97. The summed E-state index contributed by atoms with van der Waals surface area (Å²) in [7, 11) is -2.34. The number of likely N-dealkylation sites (N-methyl/N-ethyl adjacent to an activating group) is 1. The van der Waals surface area contributed by atoms with Crippen molar-refractivity contribution in [2.24, 2.45) is 5.73 Å². The zero-order chi connectivity index (χ0) is 17.6. The lowest BCUT2D eigenvalue weighted by molar-refractivity contribution is 0.0997. The van der Waals surface area contributed by atoms with Crippen LogP contribution in [0.2, 0.25) is 0 Å². The molecule has 3 N–H and O–H groups in total. The molecule has 0 bridgehead atoms. The molecule has 0 heterocycles. The lowest BCUT2D eigenvalue weighted by Gasteiger charge is -2.26. The van der Waals surface area contributed by atoms with Crippen LogP contribution in [0.1, 0.15) is 31.1 Å². The van der Waals surface area contributed by atoms with Gasteiger partial charge in [0.25, 0.3) is 5.91 Å². The number of benzene rings is 1. The first-order valence-corrected chi connectivity index (χ1v) is 8.96. The molecule has 1 aromatic rings. The van der Waals surface area contributed by atoms with Gasteiger partial charge in [0.05, 0.1) is 17.6 Å². The number of ether oxygens (including phenoxy) is 1. The second-order valence-electron chi connectivity index (χ2n) is 5.15. The number of hydrogen-bond acceptors (Lipinski definition) is 5. The molecular weight excluding hydrogens is 318 g/mol. The van der Waals surface area contributed by atoms with Gasteiger partial charge >= 0.3 is 0 Å². The standard InChI is InChI=1S/C15H25N3O4S/c1-5-18(6-2)11(3)10-17-23(20,21)12-7-8-14(22-4)13(9-12)15(16)19/h7-9,11,17H,5-6,10H2,1-4H3,(H2,16,19)/t11-/m1/s1. The topological polar surface area (TPSA) is 102 Å². The molecular formula is C15H25N3O4S. The summed E-state index contributed by atoms with van der Waals surface area (Å²) in [5.41, 5.74) is 5.29. The van der Waals surface area contributed by atoms with Crippen molar-refractivity contribution in [3.8, 4) is 5.75 Å². The molecule has 1 rings (SSSR count). The molecule has 0 saturated heterocycles. The fraction of sp³-hybridized carbons (Fsp3) is 0.533. The van der Waals surface area contributed by atoms with Gasteiger partial charge in [-0.1, -0.05) is 13.8 Å². The first-order chi connectivity index (χ1) is 10.8. The average Bonchev–Trinajstić information content (AvgIpc) is 2.53. The van der Waals surface area contributed by atoms with Crippen molar-refractivity contribution in [2.75, 3.05) is 26.7 Å². The van der Waals surface area contributed by atoms with E-state index in [-0.39, 0.29) is 28.8 Å². The molecule has 23 heavy (non-hydrogen) atoms. The van der Waals surface area contributed by atoms with E-state index in [2.05, 4.69) is 9.62 Å². The first kappa shape index (κ1) is 19.4. The highest BCUT2D eigenvalue weighted by molar-refractivity contribution is 7.89. The Morgan fingerprint density at radius 1 is 1.35 bits per heavy atom. The molecule has 1 aromatic carbocycles. The highest BCUT2D eigenvalue weighted by Gasteiger charge is 2.20. The van der Waals surface area contributed by atoms with Crippen molar-refractivity contribution >= 4 is 15.9 Å². The predicted molar refractivity (Wildman–Crippen MR) is 89.1 cm³/mol. The van der Waals surface area contributed by atoms with Crippen molar-refractivity contribution in [2.45, 2.75) is 31.7 Å². The molecule has 130 valence electrons. The third kappa shape index (κ3) is 4.92. The third-order valence-electron chi connectivity index (χ3n) is 3.75. The van der Waals surface area contributed by atoms with E-state index >= 15 is 0 Å². The van der Waals surface area contributed by atoms with E-state index in [1.54, 1.807) is 0 Å². The van der Waals surface area contributed by atoms with Gasteiger partial charge in [-0.3, -0.25) is 9.69 Å².